The third-order valence-corrected chi connectivity index (χ3v) is 6.30. The predicted molar refractivity (Wildman–Crippen MR) is 91.0 cm³/mol. The number of thiophene rings is 1. The highest BCUT2D eigenvalue weighted by molar-refractivity contribution is 8.01. The summed E-state index contributed by atoms with van der Waals surface area (Å²) < 4.78 is 1.01. The third kappa shape index (κ3) is 2.64. The van der Waals surface area contributed by atoms with Crippen molar-refractivity contribution in [1.29, 1.82) is 0 Å². The number of carbonyl (C=O) groups is 1. The minimum Gasteiger partial charge on any atom is -0.339 e. The number of fused-ring (bicyclic) bond motifs is 1. The number of hydrogen-bond donors (Lipinski definition) is 2. The highest BCUT2D eigenvalue weighted by Gasteiger charge is 2.37. The lowest BCUT2D eigenvalue weighted by molar-refractivity contribution is 0.0910. The molecule has 3 aromatic rings. The molecule has 0 fully saturated rings. The van der Waals surface area contributed by atoms with E-state index in [1.165, 1.54) is 11.8 Å². The molecule has 3 aromatic heterocycles. The Morgan fingerprint density at radius 1 is 1.30 bits per heavy atom. The Kier molecular flexibility index (Phi) is 3.42. The summed E-state index contributed by atoms with van der Waals surface area (Å²) in [4.78, 5) is 21.2. The van der Waals surface area contributed by atoms with E-state index in [1.807, 2.05) is 12.3 Å². The highest BCUT2D eigenvalue weighted by Crippen LogP contribution is 2.49. The van der Waals surface area contributed by atoms with E-state index in [9.17, 15) is 4.79 Å². The first-order chi connectivity index (χ1) is 11.0. The lowest BCUT2D eigenvalue weighted by Gasteiger charge is -2.29. The smallest absolute Gasteiger partial charge is 0.170 e. The van der Waals surface area contributed by atoms with Crippen LogP contribution in [0, 0.1) is 5.41 Å². The van der Waals surface area contributed by atoms with Gasteiger partial charge < -0.3 is 4.98 Å². The van der Waals surface area contributed by atoms with Crippen LogP contribution in [0.4, 0.5) is 0 Å². The predicted octanol–water partition coefficient (Wildman–Crippen LogP) is 4.17. The molecule has 0 atom stereocenters. The maximum Gasteiger partial charge on any atom is 0.170 e. The fraction of sp³-hybridized carbons (Fsp3) is 0.312. The molecule has 0 unspecified atom stereocenters. The quantitative estimate of drug-likeness (QED) is 0.748. The number of hydrogen-bond acceptors (Lipinski definition) is 5. The summed E-state index contributed by atoms with van der Waals surface area (Å²) in [6.45, 7) is 4.30. The molecule has 4 rings (SSSR count). The van der Waals surface area contributed by atoms with Gasteiger partial charge in [0, 0.05) is 30.6 Å². The van der Waals surface area contributed by atoms with Crippen molar-refractivity contribution < 1.29 is 4.79 Å². The average molecular weight is 344 g/mol. The number of nitrogens with one attached hydrogen (secondary N) is 2. The molecule has 3 heterocycles. The average Bonchev–Trinajstić information content (AvgIpc) is 3.18. The molecule has 0 amide bonds. The van der Waals surface area contributed by atoms with Gasteiger partial charge in [-0.2, -0.15) is 5.10 Å². The van der Waals surface area contributed by atoms with Crippen molar-refractivity contribution in [2.24, 2.45) is 5.41 Å². The Morgan fingerprint density at radius 2 is 2.17 bits per heavy atom. The highest BCUT2D eigenvalue weighted by atomic mass is 32.2. The molecule has 0 aliphatic heterocycles. The summed E-state index contributed by atoms with van der Waals surface area (Å²) in [5.41, 5.74) is 2.90. The number of imidazole rings is 1. The first kappa shape index (κ1) is 14.7. The Bertz CT molecular complexity index is 847. The fourth-order valence-electron chi connectivity index (χ4n) is 3.02. The molecule has 0 radical (unpaired) electrons. The van der Waals surface area contributed by atoms with Gasteiger partial charge in [0.15, 0.2) is 10.9 Å². The maximum absolute atomic E-state index is 12.8. The second-order valence-electron chi connectivity index (χ2n) is 6.47. The minimum atomic E-state index is -0.0111. The molecule has 0 aromatic carbocycles. The molecule has 118 valence electrons. The van der Waals surface area contributed by atoms with Crippen LogP contribution in [0.25, 0.3) is 10.6 Å². The summed E-state index contributed by atoms with van der Waals surface area (Å²) in [6, 6.07) is 1.96. The number of aromatic nitrogens is 4. The third-order valence-electron chi connectivity index (χ3n) is 3.94. The summed E-state index contributed by atoms with van der Waals surface area (Å²) >= 11 is 3.16. The minimum absolute atomic E-state index is 0.0111. The van der Waals surface area contributed by atoms with Crippen LogP contribution in [0.3, 0.4) is 0 Å². The van der Waals surface area contributed by atoms with Gasteiger partial charge >= 0.3 is 0 Å². The molecular weight excluding hydrogens is 328 g/mol. The van der Waals surface area contributed by atoms with Gasteiger partial charge in [-0.05, 0) is 35.2 Å². The lowest BCUT2D eigenvalue weighted by Crippen LogP contribution is -2.26. The number of H-pyrrole nitrogens is 2. The Hall–Kier alpha value is -1.86. The van der Waals surface area contributed by atoms with Gasteiger partial charge in [0.1, 0.15) is 5.69 Å². The van der Waals surface area contributed by atoms with Crippen molar-refractivity contribution in [3.05, 3.63) is 35.8 Å². The van der Waals surface area contributed by atoms with Crippen LogP contribution in [0.2, 0.25) is 0 Å². The first-order valence-electron chi connectivity index (χ1n) is 7.40. The van der Waals surface area contributed by atoms with Crippen LogP contribution < -0.4 is 0 Å². The van der Waals surface area contributed by atoms with Crippen molar-refractivity contribution in [3.63, 3.8) is 0 Å². The maximum atomic E-state index is 12.8. The summed E-state index contributed by atoms with van der Waals surface area (Å²) in [5.74, 6) is 0.225. The van der Waals surface area contributed by atoms with Crippen LogP contribution in [0.15, 0.2) is 34.0 Å². The number of carbonyl (C=O) groups excluding carboxylic acids is 1. The monoisotopic (exact) mass is 344 g/mol. The Morgan fingerprint density at radius 3 is 2.87 bits per heavy atom. The molecule has 0 bridgehead atoms. The zero-order valence-electron chi connectivity index (χ0n) is 12.8. The van der Waals surface area contributed by atoms with Crippen LogP contribution in [0.5, 0.6) is 0 Å². The standard InChI is InChI=1S/C16H16N4OS2/c1-16(2)7-9-12(11(21)8-16)14(23-15-17-5-6-18-15)22-13(9)10-3-4-19-20-10/h3-6H,7-8H2,1-2H3,(H,17,18)(H,19,20). The molecule has 1 aliphatic carbocycles. The van der Waals surface area contributed by atoms with Crippen LogP contribution >= 0.6 is 23.1 Å². The zero-order valence-corrected chi connectivity index (χ0v) is 14.5. The van der Waals surface area contributed by atoms with Crippen molar-refractivity contribution in [2.75, 3.05) is 0 Å². The van der Waals surface area contributed by atoms with Crippen molar-refractivity contribution >= 4 is 28.9 Å². The van der Waals surface area contributed by atoms with Gasteiger partial charge in [0.2, 0.25) is 0 Å². The van der Waals surface area contributed by atoms with E-state index in [2.05, 4.69) is 34.0 Å². The van der Waals surface area contributed by atoms with E-state index in [-0.39, 0.29) is 11.2 Å². The van der Waals surface area contributed by atoms with E-state index < -0.39 is 0 Å². The van der Waals surface area contributed by atoms with Gasteiger partial charge in [-0.25, -0.2) is 4.98 Å². The van der Waals surface area contributed by atoms with E-state index in [0.717, 1.165) is 37.5 Å². The number of nitrogens with zero attached hydrogens (tertiary/aromatic N) is 2. The SMILES string of the molecule is CC1(C)CC(=O)c2c(Sc3ncc[nH]3)sc(-c3cc[nH]n3)c2C1. The Balaban J connectivity index is 1.86. The number of rotatable bonds is 3. The van der Waals surface area contributed by atoms with Crippen LogP contribution in [-0.2, 0) is 6.42 Å². The van der Waals surface area contributed by atoms with E-state index >= 15 is 0 Å². The van der Waals surface area contributed by atoms with Gasteiger partial charge in [-0.3, -0.25) is 9.89 Å². The number of aromatic amines is 2. The van der Waals surface area contributed by atoms with Crippen molar-refractivity contribution in [1.82, 2.24) is 20.2 Å². The molecule has 2 N–H and O–H groups in total. The molecule has 0 saturated carbocycles. The zero-order chi connectivity index (χ0) is 16.0. The first-order valence-corrected chi connectivity index (χ1v) is 9.03. The molecule has 23 heavy (non-hydrogen) atoms. The molecule has 0 spiro atoms. The topological polar surface area (TPSA) is 74.4 Å². The largest absolute Gasteiger partial charge is 0.339 e. The van der Waals surface area contributed by atoms with E-state index in [0.29, 0.717) is 6.42 Å². The van der Waals surface area contributed by atoms with E-state index in [1.54, 1.807) is 23.7 Å². The normalized spacial score (nSPS) is 16.5. The summed E-state index contributed by atoms with van der Waals surface area (Å²) in [5, 5.41) is 7.99. The fourth-order valence-corrected chi connectivity index (χ4v) is 5.47. The van der Waals surface area contributed by atoms with Crippen molar-refractivity contribution in [2.45, 2.75) is 36.1 Å². The second kappa shape index (κ2) is 5.35. The second-order valence-corrected chi connectivity index (χ2v) is 8.75. The molecule has 1 aliphatic rings. The molecule has 5 nitrogen and oxygen atoms in total. The summed E-state index contributed by atoms with van der Waals surface area (Å²) in [7, 11) is 0. The van der Waals surface area contributed by atoms with Crippen molar-refractivity contribution in [3.8, 4) is 10.6 Å². The van der Waals surface area contributed by atoms with Gasteiger partial charge in [-0.15, -0.1) is 11.3 Å². The van der Waals surface area contributed by atoms with Gasteiger partial charge in [0.25, 0.3) is 0 Å². The molecule has 7 heteroatoms. The summed E-state index contributed by atoms with van der Waals surface area (Å²) in [6.07, 6.45) is 6.81. The number of ketones is 1. The van der Waals surface area contributed by atoms with E-state index in [4.69, 9.17) is 0 Å². The lowest BCUT2D eigenvalue weighted by atomic mass is 9.74. The van der Waals surface area contributed by atoms with Crippen LogP contribution in [0.1, 0.15) is 36.2 Å². The van der Waals surface area contributed by atoms with Gasteiger partial charge in [-0.1, -0.05) is 13.8 Å². The number of Topliss-reactive ketones (excluding diaryl/α,β-unsaturated/α-hetero) is 1. The van der Waals surface area contributed by atoms with Crippen LogP contribution in [-0.4, -0.2) is 25.9 Å². The van der Waals surface area contributed by atoms with Gasteiger partial charge in [0.05, 0.1) is 9.09 Å². The Labute approximate surface area is 141 Å². The molecular formula is C16H16N4OS2. The molecule has 0 saturated heterocycles.